The van der Waals surface area contributed by atoms with Gasteiger partial charge in [-0.3, -0.25) is 0 Å². The second-order valence-corrected chi connectivity index (χ2v) is 13.8. The molecule has 0 saturated heterocycles. The molecule has 0 heterocycles. The molecule has 0 bridgehead atoms. The van der Waals surface area contributed by atoms with Gasteiger partial charge in [0.15, 0.2) is 0 Å². The van der Waals surface area contributed by atoms with Crippen molar-refractivity contribution >= 4 is 7.82 Å². The molecular weight excluding hydrogens is 716 g/mol. The van der Waals surface area contributed by atoms with Gasteiger partial charge in [0.25, 0.3) is 0 Å². The fourth-order valence-corrected chi connectivity index (χ4v) is 5.45. The van der Waals surface area contributed by atoms with Crippen molar-refractivity contribution in [3.8, 4) is 17.2 Å². The Morgan fingerprint density at radius 1 is 0.396 bits per heavy atom. The van der Waals surface area contributed by atoms with Gasteiger partial charge in [0.05, 0.1) is 0 Å². The molecule has 0 aliphatic heterocycles. The average Bonchev–Trinajstić information content (AvgIpc) is 3.08. The molecule has 284 valence electrons. The summed E-state index contributed by atoms with van der Waals surface area (Å²) in [6.07, 6.45) is 26.6. The Kier molecular flexibility index (Phi) is 47.2. The van der Waals surface area contributed by atoms with Gasteiger partial charge in [-0.25, -0.2) is 0 Å². The van der Waals surface area contributed by atoms with Crippen LogP contribution in [0.4, 0.5) is 0 Å². The molecule has 3 aromatic rings. The summed E-state index contributed by atoms with van der Waals surface area (Å²) in [5, 5.41) is 28.7. The van der Waals surface area contributed by atoms with Crippen LogP contribution < -0.4 is 103 Å². The Morgan fingerprint density at radius 3 is 0.792 bits per heavy atom. The SMILES string of the molecule is CCCCCCCCc1ccccc1O.CCCCCCCCc1ccccc1O.CCCCCCCCc1ccccc1O.O=P([O-])([O-])[O-].[Na+].[Na+].[Na+]. The molecule has 3 aromatic carbocycles. The Hall–Kier alpha value is 0.170. The van der Waals surface area contributed by atoms with Crippen LogP contribution in [0, 0.1) is 0 Å². The number of benzene rings is 3. The minimum atomic E-state index is -5.39. The first-order valence-corrected chi connectivity index (χ1v) is 20.5. The Morgan fingerprint density at radius 2 is 0.585 bits per heavy atom. The molecule has 0 radical (unpaired) electrons. The average molecular weight is 783 g/mol. The van der Waals surface area contributed by atoms with E-state index in [1.165, 1.54) is 116 Å². The number of hydrogen-bond donors (Lipinski definition) is 3. The predicted molar refractivity (Wildman–Crippen MR) is 203 cm³/mol. The van der Waals surface area contributed by atoms with Crippen LogP contribution >= 0.6 is 7.82 Å². The molecule has 0 fully saturated rings. The van der Waals surface area contributed by atoms with Crippen molar-refractivity contribution in [2.75, 3.05) is 0 Å². The van der Waals surface area contributed by atoms with Gasteiger partial charge >= 0.3 is 88.7 Å². The van der Waals surface area contributed by atoms with Crippen LogP contribution in [-0.2, 0) is 23.8 Å². The van der Waals surface area contributed by atoms with E-state index in [0.29, 0.717) is 17.2 Å². The van der Waals surface area contributed by atoms with E-state index < -0.39 is 7.82 Å². The van der Waals surface area contributed by atoms with Crippen molar-refractivity contribution in [1.29, 1.82) is 0 Å². The molecule has 0 unspecified atom stereocenters. The zero-order valence-corrected chi connectivity index (χ0v) is 41.1. The quantitative estimate of drug-likeness (QED) is 0.0833. The van der Waals surface area contributed by atoms with Crippen molar-refractivity contribution in [3.63, 3.8) is 0 Å². The molecule has 0 saturated carbocycles. The van der Waals surface area contributed by atoms with E-state index in [-0.39, 0.29) is 88.7 Å². The van der Waals surface area contributed by atoms with Gasteiger partial charge < -0.3 is 34.6 Å². The number of phenols is 3. The van der Waals surface area contributed by atoms with E-state index in [9.17, 15) is 15.3 Å². The molecule has 0 aliphatic carbocycles. The van der Waals surface area contributed by atoms with Crippen molar-refractivity contribution in [2.45, 2.75) is 156 Å². The van der Waals surface area contributed by atoms with Crippen molar-refractivity contribution in [2.24, 2.45) is 0 Å². The minimum absolute atomic E-state index is 0. The summed E-state index contributed by atoms with van der Waals surface area (Å²) in [5.41, 5.74) is 3.27. The summed E-state index contributed by atoms with van der Waals surface area (Å²) in [5.74, 6) is 1.35. The number of phenolic OH excluding ortho intramolecular Hbond substituents is 3. The van der Waals surface area contributed by atoms with Gasteiger partial charge in [0, 0.05) is 0 Å². The van der Waals surface area contributed by atoms with Crippen LogP contribution in [-0.4, -0.2) is 15.3 Å². The molecule has 7 nitrogen and oxygen atoms in total. The first-order valence-electron chi connectivity index (χ1n) is 19.1. The van der Waals surface area contributed by atoms with Gasteiger partial charge in [-0.1, -0.05) is 172 Å². The van der Waals surface area contributed by atoms with Gasteiger partial charge in [-0.15, -0.1) is 0 Å². The summed E-state index contributed by atoms with van der Waals surface area (Å²) in [4.78, 5) is 25.6. The smallest absolute Gasteiger partial charge is 0.822 e. The van der Waals surface area contributed by atoms with Gasteiger partial charge in [0.1, 0.15) is 17.2 Å². The third-order valence-electron chi connectivity index (χ3n) is 8.37. The molecule has 3 rings (SSSR count). The summed E-state index contributed by atoms with van der Waals surface area (Å²) in [6, 6.07) is 23.0. The fourth-order valence-electron chi connectivity index (χ4n) is 5.45. The number of para-hydroxylation sites is 3. The summed E-state index contributed by atoms with van der Waals surface area (Å²) < 4.78 is 8.55. The number of aryl methyl sites for hydroxylation is 3. The number of phosphoric acid groups is 1. The maximum absolute atomic E-state index is 9.55. The third-order valence-corrected chi connectivity index (χ3v) is 8.37. The van der Waals surface area contributed by atoms with Crippen molar-refractivity contribution in [1.82, 2.24) is 0 Å². The first kappa shape index (κ1) is 59.9. The zero-order chi connectivity index (χ0) is 37.3. The van der Waals surface area contributed by atoms with E-state index in [4.69, 9.17) is 19.2 Å². The molecule has 0 spiro atoms. The maximum atomic E-state index is 9.55. The van der Waals surface area contributed by atoms with E-state index in [0.717, 1.165) is 36.0 Å². The second kappa shape index (κ2) is 41.8. The van der Waals surface area contributed by atoms with Crippen LogP contribution in [0.5, 0.6) is 17.2 Å². The van der Waals surface area contributed by atoms with Crippen molar-refractivity contribution < 1.29 is 123 Å². The molecule has 0 aromatic heterocycles. The van der Waals surface area contributed by atoms with Crippen LogP contribution in [0.1, 0.15) is 153 Å². The normalized spacial score (nSPS) is 10.0. The summed E-state index contributed by atoms with van der Waals surface area (Å²) in [6.45, 7) is 6.71. The molecule has 3 N–H and O–H groups in total. The largest absolute Gasteiger partial charge is 1.00 e. The Balaban J connectivity index is -0.000000311. The number of hydrogen-bond acceptors (Lipinski definition) is 7. The van der Waals surface area contributed by atoms with Gasteiger partial charge in [-0.2, -0.15) is 7.82 Å². The topological polar surface area (TPSA) is 147 Å². The molecule has 0 atom stereocenters. The third kappa shape index (κ3) is 40.2. The van der Waals surface area contributed by atoms with Crippen molar-refractivity contribution in [3.05, 3.63) is 89.5 Å². The molecule has 11 heteroatoms. The summed E-state index contributed by atoms with van der Waals surface area (Å²) >= 11 is 0. The van der Waals surface area contributed by atoms with Crippen LogP contribution in [0.25, 0.3) is 0 Å². The number of rotatable bonds is 21. The van der Waals surface area contributed by atoms with Crippen LogP contribution in [0.3, 0.4) is 0 Å². The molecule has 0 amide bonds. The summed E-state index contributed by atoms with van der Waals surface area (Å²) in [7, 11) is -5.39. The number of unbranched alkanes of at least 4 members (excludes halogenated alkanes) is 15. The van der Waals surface area contributed by atoms with Gasteiger partial charge in [0.2, 0.25) is 0 Å². The van der Waals surface area contributed by atoms with Gasteiger partial charge in [-0.05, 0) is 73.4 Å². The van der Waals surface area contributed by atoms with E-state index in [2.05, 4.69) is 20.8 Å². The zero-order valence-electron chi connectivity index (χ0n) is 34.2. The predicted octanol–water partition coefficient (Wildman–Crippen LogP) is 1.07. The number of aromatic hydroxyl groups is 3. The molecular formula is C42H66Na3O7P. The maximum Gasteiger partial charge on any atom is 1.00 e. The Bertz CT molecular complexity index is 1120. The molecule has 53 heavy (non-hydrogen) atoms. The van der Waals surface area contributed by atoms with Crippen LogP contribution in [0.15, 0.2) is 72.8 Å². The minimum Gasteiger partial charge on any atom is -0.822 e. The van der Waals surface area contributed by atoms with E-state index in [1.807, 2.05) is 54.6 Å². The van der Waals surface area contributed by atoms with Crippen LogP contribution in [0.2, 0.25) is 0 Å². The Labute approximate surface area is 389 Å². The standard InChI is InChI=1S/3C14H22O.3Na.H3O4P/c3*1-2-3-4-5-6-7-10-13-11-8-9-12-14(13)15;;;;1-5(2,3)4/h3*8-9,11-12,15H,2-7,10H2,1H3;;;;(H3,1,2,3,4)/q;;;3*+1;/p-3. The van der Waals surface area contributed by atoms with E-state index in [1.54, 1.807) is 18.2 Å². The second-order valence-electron chi connectivity index (χ2n) is 12.9. The first-order chi connectivity index (χ1) is 24.0. The fraction of sp³-hybridized carbons (Fsp3) is 0.571. The monoisotopic (exact) mass is 782 g/mol. The molecule has 0 aliphatic rings. The van der Waals surface area contributed by atoms with E-state index >= 15 is 0 Å².